The van der Waals surface area contributed by atoms with Crippen LogP contribution in [0.2, 0.25) is 0 Å². The molecule has 1 amide bonds. The summed E-state index contributed by atoms with van der Waals surface area (Å²) in [5.41, 5.74) is 1.66. The zero-order chi connectivity index (χ0) is 15.0. The topological polar surface area (TPSA) is 46.9 Å². The van der Waals surface area contributed by atoms with Gasteiger partial charge in [0.25, 0.3) is 0 Å². The largest absolute Gasteiger partial charge is 0.471 e. The van der Waals surface area contributed by atoms with Crippen LogP contribution in [0.3, 0.4) is 0 Å². The first-order valence-electron chi connectivity index (χ1n) is 6.12. The Hall–Kier alpha value is -1.96. The maximum Gasteiger partial charge on any atom is 0.471 e. The number of nitrogens with zero attached hydrogens (tertiary/aromatic N) is 2. The molecule has 0 saturated heterocycles. The Morgan fingerprint density at radius 1 is 1.29 bits per heavy atom. The normalized spacial score (nSPS) is 14.0. The Morgan fingerprint density at radius 2 is 2.00 bits per heavy atom. The van der Waals surface area contributed by atoms with Gasteiger partial charge in [-0.15, -0.1) is 0 Å². The minimum absolute atomic E-state index is 0.0993. The molecule has 8 heteroatoms. The van der Waals surface area contributed by atoms with Gasteiger partial charge in [0.2, 0.25) is 0 Å². The van der Waals surface area contributed by atoms with Gasteiger partial charge < -0.3 is 9.88 Å². The van der Waals surface area contributed by atoms with E-state index in [1.54, 1.807) is 29.2 Å². The van der Waals surface area contributed by atoms with Crippen molar-refractivity contribution in [2.45, 2.75) is 17.9 Å². The third-order valence-corrected chi connectivity index (χ3v) is 3.97. The number of aryl methyl sites for hydroxylation is 1. The van der Waals surface area contributed by atoms with Crippen molar-refractivity contribution in [3.8, 4) is 11.3 Å². The summed E-state index contributed by atoms with van der Waals surface area (Å²) in [5.74, 6) is -0.974. The van der Waals surface area contributed by atoms with E-state index >= 15 is 0 Å². The van der Waals surface area contributed by atoms with Crippen molar-refractivity contribution in [3.05, 3.63) is 30.5 Å². The van der Waals surface area contributed by atoms with Gasteiger partial charge in [0, 0.05) is 29.7 Å². The number of amides is 1. The maximum absolute atomic E-state index is 12.1. The average Bonchev–Trinajstić information content (AvgIpc) is 2.99. The van der Waals surface area contributed by atoms with Gasteiger partial charge in [0.15, 0.2) is 5.16 Å². The molecule has 3 rings (SSSR count). The zero-order valence-corrected chi connectivity index (χ0v) is 11.5. The number of alkyl halides is 3. The van der Waals surface area contributed by atoms with Gasteiger partial charge in [-0.1, -0.05) is 23.9 Å². The fourth-order valence-electron chi connectivity index (χ4n) is 1.97. The second-order valence-electron chi connectivity index (χ2n) is 4.48. The number of nitrogens with one attached hydrogen (secondary N) is 1. The molecular weight excluding hydrogens is 303 g/mol. The monoisotopic (exact) mass is 313 g/mol. The van der Waals surface area contributed by atoms with Crippen LogP contribution in [0.25, 0.3) is 11.3 Å². The lowest BCUT2D eigenvalue weighted by Gasteiger charge is -2.08. The summed E-state index contributed by atoms with van der Waals surface area (Å²) in [5, 5.41) is 2.75. The number of halogens is 3. The number of hydrogen-bond acceptors (Lipinski definition) is 3. The summed E-state index contributed by atoms with van der Waals surface area (Å²) in [4.78, 5) is 15.3. The Kier molecular flexibility index (Phi) is 3.40. The van der Waals surface area contributed by atoms with E-state index in [1.165, 1.54) is 12.1 Å². The highest BCUT2D eigenvalue weighted by Gasteiger charge is 2.38. The molecule has 1 aliphatic rings. The molecule has 0 unspecified atom stereocenters. The Morgan fingerprint density at radius 3 is 2.62 bits per heavy atom. The highest BCUT2D eigenvalue weighted by atomic mass is 32.2. The van der Waals surface area contributed by atoms with Gasteiger partial charge in [-0.2, -0.15) is 13.2 Å². The fraction of sp³-hybridized carbons (Fsp3) is 0.231. The van der Waals surface area contributed by atoms with Crippen molar-refractivity contribution in [2.24, 2.45) is 0 Å². The van der Waals surface area contributed by atoms with E-state index in [2.05, 4.69) is 4.98 Å². The molecule has 0 aliphatic carbocycles. The number of carbonyl (C=O) groups is 1. The van der Waals surface area contributed by atoms with Crippen molar-refractivity contribution in [3.63, 3.8) is 0 Å². The van der Waals surface area contributed by atoms with E-state index in [0.717, 1.165) is 28.7 Å². The number of thioether (sulfide) groups is 1. The lowest BCUT2D eigenvalue weighted by Crippen LogP contribution is -2.29. The molecule has 2 aromatic rings. The van der Waals surface area contributed by atoms with Crippen LogP contribution in [0.4, 0.5) is 18.9 Å². The van der Waals surface area contributed by atoms with Crippen LogP contribution in [0.5, 0.6) is 0 Å². The molecule has 110 valence electrons. The second kappa shape index (κ2) is 5.10. The lowest BCUT2D eigenvalue weighted by atomic mass is 10.1. The predicted molar refractivity (Wildman–Crippen MR) is 73.1 cm³/mol. The van der Waals surface area contributed by atoms with Crippen molar-refractivity contribution in [1.29, 1.82) is 0 Å². The molecule has 0 fully saturated rings. The third kappa shape index (κ3) is 2.90. The molecule has 1 aromatic carbocycles. The maximum atomic E-state index is 12.1. The lowest BCUT2D eigenvalue weighted by molar-refractivity contribution is -0.167. The van der Waals surface area contributed by atoms with Crippen molar-refractivity contribution in [1.82, 2.24) is 9.55 Å². The quantitative estimate of drug-likeness (QED) is 0.926. The molecular formula is C13H10F3N3OS. The summed E-state index contributed by atoms with van der Waals surface area (Å²) in [6.07, 6.45) is -2.97. The molecule has 1 aliphatic heterocycles. The van der Waals surface area contributed by atoms with Gasteiger partial charge in [0.1, 0.15) is 0 Å². The van der Waals surface area contributed by atoms with Gasteiger partial charge in [0.05, 0.1) is 5.69 Å². The van der Waals surface area contributed by atoms with Gasteiger partial charge in [-0.3, -0.25) is 4.79 Å². The first kappa shape index (κ1) is 14.0. The smallest absolute Gasteiger partial charge is 0.325 e. The standard InChI is InChI=1S/C13H10F3N3OS/c14-13(15,16)11(20)17-9-3-1-8(2-4-9)10-7-19-5-6-21-12(19)18-10/h1-4,7H,5-6H2,(H,17,20). The van der Waals surface area contributed by atoms with Crippen molar-refractivity contribution >= 4 is 23.4 Å². The molecule has 1 aromatic heterocycles. The summed E-state index contributed by atoms with van der Waals surface area (Å²) in [6.45, 7) is 0.909. The van der Waals surface area contributed by atoms with E-state index < -0.39 is 12.1 Å². The first-order chi connectivity index (χ1) is 9.93. The number of rotatable bonds is 2. The van der Waals surface area contributed by atoms with Crippen LogP contribution in [-0.4, -0.2) is 27.4 Å². The Labute approximate surface area is 122 Å². The highest BCUT2D eigenvalue weighted by molar-refractivity contribution is 7.99. The van der Waals surface area contributed by atoms with Crippen LogP contribution in [0.15, 0.2) is 35.6 Å². The van der Waals surface area contributed by atoms with E-state index in [0.29, 0.717) is 0 Å². The summed E-state index contributed by atoms with van der Waals surface area (Å²) >= 11 is 1.67. The summed E-state index contributed by atoms with van der Waals surface area (Å²) < 4.78 is 38.5. The number of benzene rings is 1. The number of aromatic nitrogens is 2. The molecule has 0 spiro atoms. The van der Waals surface area contributed by atoms with Gasteiger partial charge >= 0.3 is 12.1 Å². The van der Waals surface area contributed by atoms with Crippen LogP contribution in [0, 0.1) is 0 Å². The van der Waals surface area contributed by atoms with E-state index in [1.807, 2.05) is 10.8 Å². The average molecular weight is 313 g/mol. The SMILES string of the molecule is O=C(Nc1ccc(-c2cn3c(n2)SCC3)cc1)C(F)(F)F. The molecule has 2 heterocycles. The van der Waals surface area contributed by atoms with Crippen LogP contribution in [0.1, 0.15) is 0 Å². The number of fused-ring (bicyclic) bond motifs is 1. The van der Waals surface area contributed by atoms with Crippen LogP contribution in [-0.2, 0) is 11.3 Å². The van der Waals surface area contributed by atoms with E-state index in [-0.39, 0.29) is 5.69 Å². The van der Waals surface area contributed by atoms with Gasteiger partial charge in [-0.05, 0) is 12.1 Å². The van der Waals surface area contributed by atoms with E-state index in [9.17, 15) is 18.0 Å². The molecule has 0 saturated carbocycles. The molecule has 0 atom stereocenters. The zero-order valence-electron chi connectivity index (χ0n) is 10.6. The number of anilines is 1. The van der Waals surface area contributed by atoms with Crippen LogP contribution >= 0.6 is 11.8 Å². The molecule has 0 radical (unpaired) electrons. The molecule has 4 nitrogen and oxygen atoms in total. The molecule has 21 heavy (non-hydrogen) atoms. The second-order valence-corrected chi connectivity index (χ2v) is 5.54. The molecule has 1 N–H and O–H groups in total. The fourth-order valence-corrected chi connectivity index (χ4v) is 2.92. The molecule has 0 bridgehead atoms. The van der Waals surface area contributed by atoms with Crippen molar-refractivity contribution in [2.75, 3.05) is 11.1 Å². The minimum Gasteiger partial charge on any atom is -0.325 e. The Bertz CT molecular complexity index is 657. The summed E-state index contributed by atoms with van der Waals surface area (Å²) in [7, 11) is 0. The van der Waals surface area contributed by atoms with E-state index in [4.69, 9.17) is 0 Å². The number of hydrogen-bond donors (Lipinski definition) is 1. The Balaban J connectivity index is 1.76. The highest BCUT2D eigenvalue weighted by Crippen LogP contribution is 2.29. The predicted octanol–water partition coefficient (Wildman–Crippen LogP) is 3.16. The van der Waals surface area contributed by atoms with Crippen LogP contribution < -0.4 is 5.32 Å². The summed E-state index contributed by atoms with van der Waals surface area (Å²) in [6, 6.07) is 6.12. The first-order valence-corrected chi connectivity index (χ1v) is 7.10. The van der Waals surface area contributed by atoms with Gasteiger partial charge in [-0.25, -0.2) is 4.98 Å². The minimum atomic E-state index is -4.89. The number of carbonyl (C=O) groups excluding carboxylic acids is 1. The third-order valence-electron chi connectivity index (χ3n) is 3.00. The number of imidazole rings is 1. The van der Waals surface area contributed by atoms with Crippen molar-refractivity contribution < 1.29 is 18.0 Å².